The Balaban J connectivity index is 1.44. The van der Waals surface area contributed by atoms with E-state index in [0.29, 0.717) is 68.3 Å². The van der Waals surface area contributed by atoms with Crippen molar-refractivity contribution in [3.8, 4) is 0 Å². The van der Waals surface area contributed by atoms with Crippen molar-refractivity contribution in [2.24, 2.45) is 0 Å². The van der Waals surface area contributed by atoms with Crippen molar-refractivity contribution in [1.82, 2.24) is 24.5 Å². The van der Waals surface area contributed by atoms with Crippen LogP contribution in [-0.4, -0.2) is 96.6 Å². The summed E-state index contributed by atoms with van der Waals surface area (Å²) in [7, 11) is 0. The van der Waals surface area contributed by atoms with Crippen molar-refractivity contribution in [1.29, 1.82) is 0 Å². The van der Waals surface area contributed by atoms with Crippen LogP contribution in [0.5, 0.6) is 0 Å². The van der Waals surface area contributed by atoms with Crippen molar-refractivity contribution in [2.75, 3.05) is 70.5 Å². The molecule has 2 fully saturated rings. The number of hydrogen-bond donors (Lipinski definition) is 1. The number of rotatable bonds is 5. The number of carbonyl (C=O) groups excluding carboxylic acids is 2. The molecule has 0 saturated carbocycles. The van der Waals surface area contributed by atoms with Gasteiger partial charge >= 0.3 is 0 Å². The Morgan fingerprint density at radius 2 is 1.82 bits per heavy atom. The third-order valence-electron chi connectivity index (χ3n) is 7.41. The van der Waals surface area contributed by atoms with E-state index in [1.165, 1.54) is 11.3 Å². The molecule has 10 nitrogen and oxygen atoms in total. The lowest BCUT2D eigenvalue weighted by Gasteiger charge is -2.36. The van der Waals surface area contributed by atoms with Crippen LogP contribution in [0.15, 0.2) is 41.3 Å². The average molecular weight is 535 g/mol. The number of pyridine rings is 2. The molecule has 3 aromatic heterocycles. The molecule has 1 N–H and O–H groups in total. The van der Waals surface area contributed by atoms with E-state index in [0.717, 1.165) is 29.0 Å². The van der Waals surface area contributed by atoms with Crippen LogP contribution in [0, 0.1) is 0 Å². The van der Waals surface area contributed by atoms with E-state index >= 15 is 0 Å². The van der Waals surface area contributed by atoms with Gasteiger partial charge in [-0.1, -0.05) is 12.1 Å². The predicted octanol–water partition coefficient (Wildman–Crippen LogP) is 1.79. The normalized spacial score (nSPS) is 17.0. The Hall–Kier alpha value is -3.54. The van der Waals surface area contributed by atoms with Crippen molar-refractivity contribution in [3.05, 3.63) is 52.3 Å². The number of nitrogens with one attached hydrogen (secondary N) is 1. The summed E-state index contributed by atoms with van der Waals surface area (Å²) < 4.78 is 8.33. The highest BCUT2D eigenvalue weighted by atomic mass is 32.1. The molecule has 0 radical (unpaired) electrons. The van der Waals surface area contributed by atoms with Crippen LogP contribution in [0.4, 0.5) is 5.69 Å². The van der Waals surface area contributed by atoms with Gasteiger partial charge < -0.3 is 19.9 Å². The minimum atomic E-state index is -0.370. The van der Waals surface area contributed by atoms with E-state index < -0.39 is 0 Å². The van der Waals surface area contributed by atoms with Gasteiger partial charge in [0, 0.05) is 65.5 Å². The summed E-state index contributed by atoms with van der Waals surface area (Å²) in [5, 5.41) is 3.43. The number of piperazine rings is 1. The van der Waals surface area contributed by atoms with Gasteiger partial charge in [0.2, 0.25) is 11.3 Å². The van der Waals surface area contributed by atoms with Crippen LogP contribution in [0.3, 0.4) is 0 Å². The van der Waals surface area contributed by atoms with Gasteiger partial charge in [-0.3, -0.25) is 23.7 Å². The maximum absolute atomic E-state index is 14.1. The zero-order chi connectivity index (χ0) is 26.2. The van der Waals surface area contributed by atoms with E-state index in [-0.39, 0.29) is 22.8 Å². The molecule has 38 heavy (non-hydrogen) atoms. The van der Waals surface area contributed by atoms with Crippen molar-refractivity contribution in [3.63, 3.8) is 0 Å². The van der Waals surface area contributed by atoms with E-state index in [4.69, 9.17) is 4.74 Å². The molecular formula is C27H30N6O4S. The van der Waals surface area contributed by atoms with Gasteiger partial charge in [-0.15, -0.1) is 11.3 Å². The van der Waals surface area contributed by atoms with E-state index in [1.54, 1.807) is 13.1 Å². The van der Waals surface area contributed by atoms with Crippen LogP contribution in [0.1, 0.15) is 17.3 Å². The fourth-order valence-electron chi connectivity index (χ4n) is 5.38. The van der Waals surface area contributed by atoms with Gasteiger partial charge in [0.15, 0.2) is 5.65 Å². The first-order valence-corrected chi connectivity index (χ1v) is 13.8. The zero-order valence-electron chi connectivity index (χ0n) is 21.3. The number of morpholine rings is 1. The molecule has 2 amide bonds. The summed E-state index contributed by atoms with van der Waals surface area (Å²) in [5.41, 5.74) is 2.03. The highest BCUT2D eigenvalue weighted by Gasteiger charge is 2.27. The number of thiazole rings is 1. The summed E-state index contributed by atoms with van der Waals surface area (Å²) in [6.07, 6.45) is 1.72. The standard InChI is InChI=1S/C27H30N6O4S/c1-18(34)31-10-12-32(13-11-31)20-6-7-28-25-22(20)24(35)23(26(36)29-8-9-30-14-16-37-17-15-30)27-33(25)19-4-2-3-5-21(19)38-27/h2-7H,8-17H2,1H3,(H,29,36). The van der Waals surface area contributed by atoms with Crippen LogP contribution in [0.25, 0.3) is 26.1 Å². The van der Waals surface area contributed by atoms with E-state index in [1.807, 2.05) is 39.6 Å². The topological polar surface area (TPSA) is 99.5 Å². The van der Waals surface area contributed by atoms with Crippen molar-refractivity contribution >= 4 is 54.9 Å². The van der Waals surface area contributed by atoms with Gasteiger partial charge in [-0.05, 0) is 18.2 Å². The largest absolute Gasteiger partial charge is 0.379 e. The Bertz CT molecular complexity index is 1580. The molecule has 0 bridgehead atoms. The number of anilines is 1. The summed E-state index contributed by atoms with van der Waals surface area (Å²) in [4.78, 5) is 51.0. The second-order valence-electron chi connectivity index (χ2n) is 9.65. The summed E-state index contributed by atoms with van der Waals surface area (Å²) in [6, 6.07) is 9.73. The predicted molar refractivity (Wildman–Crippen MR) is 148 cm³/mol. The van der Waals surface area contributed by atoms with Gasteiger partial charge in [-0.2, -0.15) is 0 Å². The summed E-state index contributed by atoms with van der Waals surface area (Å²) in [6.45, 7) is 8.15. The number of aromatic nitrogens is 2. The highest BCUT2D eigenvalue weighted by molar-refractivity contribution is 7.24. The molecule has 0 spiro atoms. The lowest BCUT2D eigenvalue weighted by atomic mass is 10.1. The molecule has 0 unspecified atom stereocenters. The molecule has 5 heterocycles. The molecular weight excluding hydrogens is 504 g/mol. The van der Waals surface area contributed by atoms with Crippen molar-refractivity contribution < 1.29 is 14.3 Å². The van der Waals surface area contributed by atoms with Crippen LogP contribution in [0.2, 0.25) is 0 Å². The van der Waals surface area contributed by atoms with Crippen LogP contribution >= 0.6 is 11.3 Å². The number of hydrogen-bond acceptors (Lipinski definition) is 8. The smallest absolute Gasteiger partial charge is 0.258 e. The lowest BCUT2D eigenvalue weighted by molar-refractivity contribution is -0.129. The Morgan fingerprint density at radius 1 is 1.05 bits per heavy atom. The number of ether oxygens (including phenoxy) is 1. The molecule has 0 atom stereocenters. The Kier molecular flexibility index (Phi) is 6.73. The first kappa shape index (κ1) is 24.8. The van der Waals surface area contributed by atoms with Crippen molar-refractivity contribution in [2.45, 2.75) is 6.92 Å². The first-order valence-electron chi connectivity index (χ1n) is 13.0. The average Bonchev–Trinajstić information content (AvgIpc) is 3.32. The zero-order valence-corrected chi connectivity index (χ0v) is 22.1. The molecule has 2 saturated heterocycles. The quantitative estimate of drug-likeness (QED) is 0.417. The van der Waals surface area contributed by atoms with Crippen LogP contribution < -0.4 is 15.6 Å². The number of amides is 2. The maximum Gasteiger partial charge on any atom is 0.258 e. The Labute approximate surface area is 223 Å². The summed E-state index contributed by atoms with van der Waals surface area (Å²) in [5.74, 6) is -0.322. The van der Waals surface area contributed by atoms with Crippen LogP contribution in [-0.2, 0) is 9.53 Å². The Morgan fingerprint density at radius 3 is 2.58 bits per heavy atom. The monoisotopic (exact) mass is 534 g/mol. The SMILES string of the molecule is CC(=O)N1CCN(c2ccnc3c2c(=O)c(C(=O)NCCN2CCOCC2)c2sc4ccccc4n23)CC1. The molecule has 0 aliphatic carbocycles. The molecule has 2 aliphatic heterocycles. The number of carbonyl (C=O) groups is 2. The number of benzene rings is 1. The third-order valence-corrected chi connectivity index (χ3v) is 8.56. The highest BCUT2D eigenvalue weighted by Crippen LogP contribution is 2.33. The molecule has 198 valence electrons. The minimum absolute atomic E-state index is 0.0480. The second kappa shape index (κ2) is 10.3. The van der Waals surface area contributed by atoms with Gasteiger partial charge in [0.1, 0.15) is 10.4 Å². The number of para-hydroxylation sites is 1. The number of nitrogens with zero attached hydrogens (tertiary/aromatic N) is 5. The lowest BCUT2D eigenvalue weighted by Crippen LogP contribution is -2.48. The molecule has 4 aromatic rings. The second-order valence-corrected chi connectivity index (χ2v) is 10.7. The molecule has 6 rings (SSSR count). The molecule has 11 heteroatoms. The first-order chi connectivity index (χ1) is 18.5. The maximum atomic E-state index is 14.1. The summed E-state index contributed by atoms with van der Waals surface area (Å²) >= 11 is 1.43. The van der Waals surface area contributed by atoms with E-state index in [9.17, 15) is 14.4 Å². The van der Waals surface area contributed by atoms with Gasteiger partial charge in [0.25, 0.3) is 5.91 Å². The fourth-order valence-corrected chi connectivity index (χ4v) is 6.56. The van der Waals surface area contributed by atoms with Gasteiger partial charge in [0.05, 0.1) is 34.5 Å². The third kappa shape index (κ3) is 4.40. The molecule has 1 aromatic carbocycles. The minimum Gasteiger partial charge on any atom is -0.379 e. The molecule has 2 aliphatic rings. The fraction of sp³-hybridized carbons (Fsp3) is 0.407. The van der Waals surface area contributed by atoms with E-state index in [2.05, 4.69) is 20.1 Å². The van der Waals surface area contributed by atoms with Gasteiger partial charge in [-0.25, -0.2) is 4.98 Å². The number of fused-ring (bicyclic) bond motifs is 5.